The second-order valence-electron chi connectivity index (χ2n) is 6.92. The van der Waals surface area contributed by atoms with Crippen molar-refractivity contribution >= 4 is 23.0 Å². The normalized spacial score (nSPS) is 15.5. The summed E-state index contributed by atoms with van der Waals surface area (Å²) in [6.07, 6.45) is 0. The van der Waals surface area contributed by atoms with Crippen molar-refractivity contribution in [3.05, 3.63) is 59.3 Å². The van der Waals surface area contributed by atoms with Gasteiger partial charge in [0.2, 0.25) is 5.95 Å². The second-order valence-corrected chi connectivity index (χ2v) is 6.92. The lowest BCUT2D eigenvalue weighted by molar-refractivity contribution is -0.136. The topological polar surface area (TPSA) is 74.6 Å². The first kappa shape index (κ1) is 19.8. The number of carbonyl (C=O) groups is 1. The number of benzene rings is 2. The number of nitrogens with one attached hydrogen (secondary N) is 1. The molecule has 1 aliphatic rings. The van der Waals surface area contributed by atoms with Crippen molar-refractivity contribution in [2.75, 3.05) is 25.6 Å². The Morgan fingerprint density at radius 1 is 1.10 bits per heavy atom. The molecule has 0 saturated heterocycles. The van der Waals surface area contributed by atoms with Crippen molar-refractivity contribution in [1.82, 2.24) is 9.55 Å². The molecule has 1 aliphatic heterocycles. The van der Waals surface area contributed by atoms with Crippen LogP contribution in [-0.4, -0.2) is 35.8 Å². The fraction of sp³-hybridized carbons (Fsp3) is 0.304. The van der Waals surface area contributed by atoms with Crippen molar-refractivity contribution in [2.24, 2.45) is 0 Å². The van der Waals surface area contributed by atoms with Crippen molar-refractivity contribution in [2.45, 2.75) is 26.8 Å². The third kappa shape index (κ3) is 3.26. The number of hydrogen-bond donors (Lipinski definition) is 1. The summed E-state index contributed by atoms with van der Waals surface area (Å²) in [7, 11) is 1.39. The highest BCUT2D eigenvalue weighted by molar-refractivity contribution is 5.94. The zero-order valence-corrected chi connectivity index (χ0v) is 17.6. The number of carbonyl (C=O) groups excluding carboxylic acids is 1. The van der Waals surface area contributed by atoms with Gasteiger partial charge in [-0.2, -0.15) is 0 Å². The van der Waals surface area contributed by atoms with E-state index in [0.29, 0.717) is 41.9 Å². The number of hydrogen-bond acceptors (Lipinski definition) is 6. The number of para-hydroxylation sites is 2. The third-order valence-electron chi connectivity index (χ3n) is 5.12. The van der Waals surface area contributed by atoms with Crippen LogP contribution >= 0.6 is 0 Å². The largest absolute Gasteiger partial charge is 0.490 e. The van der Waals surface area contributed by atoms with E-state index >= 15 is 0 Å². The van der Waals surface area contributed by atoms with E-state index in [-0.39, 0.29) is 5.97 Å². The van der Waals surface area contributed by atoms with Crippen molar-refractivity contribution in [3.63, 3.8) is 0 Å². The summed E-state index contributed by atoms with van der Waals surface area (Å²) >= 11 is 0. The molecule has 30 heavy (non-hydrogen) atoms. The maximum absolute atomic E-state index is 12.8. The van der Waals surface area contributed by atoms with Crippen molar-refractivity contribution in [3.8, 4) is 11.5 Å². The van der Waals surface area contributed by atoms with Crippen molar-refractivity contribution < 1.29 is 19.0 Å². The van der Waals surface area contributed by atoms with Gasteiger partial charge in [-0.1, -0.05) is 18.2 Å². The maximum Gasteiger partial charge on any atom is 0.337 e. The lowest BCUT2D eigenvalue weighted by Gasteiger charge is -2.30. The number of methoxy groups -OCH3 is 1. The molecular weight excluding hydrogens is 382 g/mol. The average molecular weight is 407 g/mol. The van der Waals surface area contributed by atoms with Gasteiger partial charge in [-0.25, -0.2) is 9.78 Å². The van der Waals surface area contributed by atoms with Crippen molar-refractivity contribution in [1.29, 1.82) is 0 Å². The predicted molar refractivity (Wildman–Crippen MR) is 115 cm³/mol. The Labute approximate surface area is 175 Å². The molecule has 0 amide bonds. The van der Waals surface area contributed by atoms with Gasteiger partial charge in [-0.3, -0.25) is 4.57 Å². The Bertz CT molecular complexity index is 1130. The minimum Gasteiger partial charge on any atom is -0.490 e. The molecular formula is C23H25N3O4. The molecule has 0 spiro atoms. The Balaban J connectivity index is 1.95. The van der Waals surface area contributed by atoms with Gasteiger partial charge in [0.15, 0.2) is 11.5 Å². The first-order valence-electron chi connectivity index (χ1n) is 10.0. The maximum atomic E-state index is 12.8. The molecule has 1 aromatic heterocycles. The number of fused-ring (bicyclic) bond motifs is 3. The van der Waals surface area contributed by atoms with E-state index in [9.17, 15) is 4.79 Å². The highest BCUT2D eigenvalue weighted by Gasteiger charge is 2.35. The molecule has 0 saturated carbocycles. The van der Waals surface area contributed by atoms with Crippen LogP contribution in [0, 0.1) is 0 Å². The van der Waals surface area contributed by atoms with Crippen LogP contribution in [0.5, 0.6) is 11.5 Å². The van der Waals surface area contributed by atoms with Gasteiger partial charge >= 0.3 is 5.97 Å². The van der Waals surface area contributed by atoms with Crippen LogP contribution in [0.25, 0.3) is 11.0 Å². The van der Waals surface area contributed by atoms with E-state index in [4.69, 9.17) is 19.2 Å². The number of rotatable bonds is 6. The van der Waals surface area contributed by atoms with Crippen LogP contribution in [0.2, 0.25) is 0 Å². The van der Waals surface area contributed by atoms with Crippen LogP contribution in [0.4, 0.5) is 5.95 Å². The van der Waals surface area contributed by atoms with E-state index in [1.54, 1.807) is 0 Å². The van der Waals surface area contributed by atoms with Crippen LogP contribution < -0.4 is 14.8 Å². The molecule has 0 aliphatic carbocycles. The lowest BCUT2D eigenvalue weighted by Crippen LogP contribution is -2.28. The second kappa shape index (κ2) is 8.10. The molecule has 0 radical (unpaired) electrons. The fourth-order valence-electron chi connectivity index (χ4n) is 3.89. The van der Waals surface area contributed by atoms with Crippen LogP contribution in [-0.2, 0) is 9.53 Å². The van der Waals surface area contributed by atoms with Crippen LogP contribution in [0.15, 0.2) is 53.7 Å². The quantitative estimate of drug-likeness (QED) is 0.614. The molecule has 0 fully saturated rings. The fourth-order valence-corrected chi connectivity index (χ4v) is 3.89. The predicted octanol–water partition coefficient (Wildman–Crippen LogP) is 4.30. The van der Waals surface area contributed by atoms with Crippen LogP contribution in [0.3, 0.4) is 0 Å². The van der Waals surface area contributed by atoms with Gasteiger partial charge in [0.1, 0.15) is 0 Å². The summed E-state index contributed by atoms with van der Waals surface area (Å²) in [5, 5.41) is 3.26. The summed E-state index contributed by atoms with van der Waals surface area (Å²) in [6.45, 7) is 6.77. The van der Waals surface area contributed by atoms with Gasteiger partial charge in [0, 0.05) is 5.70 Å². The highest BCUT2D eigenvalue weighted by atomic mass is 16.5. The molecule has 1 N–H and O–H groups in total. The monoisotopic (exact) mass is 407 g/mol. The Kier molecular flexibility index (Phi) is 5.35. The number of anilines is 1. The van der Waals surface area contributed by atoms with Gasteiger partial charge in [-0.05, 0) is 50.6 Å². The zero-order valence-electron chi connectivity index (χ0n) is 17.6. The number of allylic oxidation sites excluding steroid dienone is 1. The molecule has 156 valence electrons. The number of esters is 1. The SMILES string of the molecule is CCOc1ccc([C@@H]2C(C(=O)OC)=C(C)Nc3nc4ccccc4n32)cc1OCC. The van der Waals surface area contributed by atoms with Gasteiger partial charge in [-0.15, -0.1) is 0 Å². The van der Waals surface area contributed by atoms with E-state index in [1.165, 1.54) is 7.11 Å². The zero-order chi connectivity index (χ0) is 21.3. The summed E-state index contributed by atoms with van der Waals surface area (Å²) in [5.74, 6) is 1.61. The standard InChI is InChI=1S/C23H25N3O4/c1-5-29-18-12-11-15(13-19(18)30-6-2)21-20(22(27)28-4)14(3)24-23-25-16-9-7-8-10-17(16)26(21)23/h7-13,21H,5-6H2,1-4H3,(H,24,25)/t21-/m1/s1. The minimum absolute atomic E-state index is 0.389. The minimum atomic E-state index is -0.420. The molecule has 2 heterocycles. The van der Waals surface area contributed by atoms with E-state index in [2.05, 4.69) is 5.32 Å². The van der Waals surface area contributed by atoms with Gasteiger partial charge < -0.3 is 19.5 Å². The highest BCUT2D eigenvalue weighted by Crippen LogP contribution is 2.41. The lowest BCUT2D eigenvalue weighted by atomic mass is 9.94. The number of ether oxygens (including phenoxy) is 3. The van der Waals surface area contributed by atoms with Gasteiger partial charge in [0.05, 0.1) is 43.0 Å². The molecule has 4 rings (SSSR count). The Morgan fingerprint density at radius 2 is 1.83 bits per heavy atom. The van der Waals surface area contributed by atoms with E-state index in [1.807, 2.05) is 67.8 Å². The third-order valence-corrected chi connectivity index (χ3v) is 5.12. The summed E-state index contributed by atoms with van der Waals surface area (Å²) in [5.41, 5.74) is 3.89. The molecule has 7 nitrogen and oxygen atoms in total. The molecule has 1 atom stereocenters. The first-order valence-corrected chi connectivity index (χ1v) is 10.0. The van der Waals surface area contributed by atoms with Gasteiger partial charge in [0.25, 0.3) is 0 Å². The Hall–Kier alpha value is -3.48. The smallest absolute Gasteiger partial charge is 0.337 e. The van der Waals surface area contributed by atoms with E-state index in [0.717, 1.165) is 16.6 Å². The summed E-state index contributed by atoms with van der Waals surface area (Å²) in [4.78, 5) is 17.5. The van der Waals surface area contributed by atoms with E-state index < -0.39 is 6.04 Å². The first-order chi connectivity index (χ1) is 14.6. The Morgan fingerprint density at radius 3 is 2.57 bits per heavy atom. The molecule has 3 aromatic rings. The number of nitrogens with zero attached hydrogens (tertiary/aromatic N) is 2. The molecule has 0 bridgehead atoms. The number of imidazole rings is 1. The molecule has 2 aromatic carbocycles. The average Bonchev–Trinajstić information content (AvgIpc) is 3.11. The molecule has 0 unspecified atom stereocenters. The number of aromatic nitrogens is 2. The summed E-state index contributed by atoms with van der Waals surface area (Å²) < 4.78 is 18.7. The van der Waals surface area contributed by atoms with Crippen LogP contribution in [0.1, 0.15) is 32.4 Å². The summed E-state index contributed by atoms with van der Waals surface area (Å²) in [6, 6.07) is 13.2. The molecule has 7 heteroatoms.